The van der Waals surface area contributed by atoms with Gasteiger partial charge in [0.2, 0.25) is 0 Å². The number of carbonyl (C=O) groups excluding carboxylic acids is 1. The lowest BCUT2D eigenvalue weighted by atomic mass is 10.0. The van der Waals surface area contributed by atoms with Gasteiger partial charge in [0.15, 0.2) is 5.82 Å². The Kier molecular flexibility index (Phi) is 5.58. The van der Waals surface area contributed by atoms with Crippen molar-refractivity contribution < 1.29 is 4.79 Å². The fraction of sp³-hybridized carbons (Fsp3) is 0.185. The highest BCUT2D eigenvalue weighted by Crippen LogP contribution is 2.31. The van der Waals surface area contributed by atoms with Gasteiger partial charge in [-0.2, -0.15) is 4.68 Å². The van der Waals surface area contributed by atoms with Crippen LogP contribution in [0.25, 0.3) is 16.6 Å². The first-order valence-electron chi connectivity index (χ1n) is 11.6. The van der Waals surface area contributed by atoms with Gasteiger partial charge in [-0.05, 0) is 53.7 Å². The number of benzene rings is 3. The van der Waals surface area contributed by atoms with Crippen LogP contribution in [0, 0.1) is 6.92 Å². The fourth-order valence-electron chi connectivity index (χ4n) is 4.65. The molecule has 0 spiro atoms. The summed E-state index contributed by atoms with van der Waals surface area (Å²) in [5.41, 5.74) is 6.47. The van der Waals surface area contributed by atoms with Crippen LogP contribution in [0.1, 0.15) is 33.0 Å². The number of fused-ring (bicyclic) bond motifs is 3. The molecule has 1 N–H and O–H groups in total. The molecule has 0 atom stereocenters. The van der Waals surface area contributed by atoms with Crippen LogP contribution in [0.15, 0.2) is 77.7 Å². The highest BCUT2D eigenvalue weighted by atomic mass is 32.2. The number of nitrogens with one attached hydrogen (secondary N) is 1. The lowest BCUT2D eigenvalue weighted by Gasteiger charge is -2.28. The first-order valence-corrected chi connectivity index (χ1v) is 12.6. The summed E-state index contributed by atoms with van der Waals surface area (Å²) in [6.45, 7) is 3.41. The number of hydrogen-bond acceptors (Lipinski definition) is 5. The molecule has 0 saturated heterocycles. The Hall–Kier alpha value is -3.91. The van der Waals surface area contributed by atoms with Crippen molar-refractivity contribution in [2.45, 2.75) is 30.5 Å². The molecule has 3 heterocycles. The lowest BCUT2D eigenvalue weighted by Crippen LogP contribution is -2.36. The molecule has 5 aromatic rings. The molecule has 0 radical (unpaired) electrons. The molecule has 1 aliphatic rings. The maximum atomic E-state index is 13.7. The fourth-order valence-corrected chi connectivity index (χ4v) is 5.60. The molecule has 7 nitrogen and oxygen atoms in total. The van der Waals surface area contributed by atoms with Crippen molar-refractivity contribution in [3.05, 3.63) is 101 Å². The minimum absolute atomic E-state index is 0.0587. The number of amides is 1. The molecule has 35 heavy (non-hydrogen) atoms. The largest absolute Gasteiger partial charge is 0.358 e. The summed E-state index contributed by atoms with van der Waals surface area (Å²) in [6.07, 6.45) is 0.829. The van der Waals surface area contributed by atoms with E-state index in [1.807, 2.05) is 59.5 Å². The predicted octanol–water partition coefficient (Wildman–Crippen LogP) is 4.94. The number of hydrogen-bond donors (Lipinski definition) is 1. The maximum Gasteiger partial charge on any atom is 0.255 e. The van der Waals surface area contributed by atoms with Gasteiger partial charge in [-0.1, -0.05) is 42.0 Å². The van der Waals surface area contributed by atoms with E-state index in [1.54, 1.807) is 16.4 Å². The molecule has 0 saturated carbocycles. The number of para-hydroxylation sites is 1. The van der Waals surface area contributed by atoms with E-state index < -0.39 is 0 Å². The number of rotatable bonds is 5. The van der Waals surface area contributed by atoms with E-state index in [9.17, 15) is 4.79 Å². The third-order valence-electron chi connectivity index (χ3n) is 6.43. The second-order valence-corrected chi connectivity index (χ2v) is 9.75. The summed E-state index contributed by atoms with van der Waals surface area (Å²) in [4.78, 5) is 20.1. The highest BCUT2D eigenvalue weighted by molar-refractivity contribution is 7.98. The van der Waals surface area contributed by atoms with E-state index in [4.69, 9.17) is 0 Å². The second kappa shape index (κ2) is 9.03. The summed E-state index contributed by atoms with van der Waals surface area (Å²) in [5.74, 6) is 1.35. The zero-order chi connectivity index (χ0) is 23.8. The lowest BCUT2D eigenvalue weighted by molar-refractivity contribution is 0.0731. The average molecular weight is 481 g/mol. The third-order valence-corrected chi connectivity index (χ3v) is 7.50. The van der Waals surface area contributed by atoms with E-state index >= 15 is 0 Å². The topological polar surface area (TPSA) is 79.7 Å². The number of aromatic amines is 1. The van der Waals surface area contributed by atoms with Crippen LogP contribution in [-0.2, 0) is 18.7 Å². The van der Waals surface area contributed by atoms with E-state index in [2.05, 4.69) is 45.6 Å². The maximum absolute atomic E-state index is 13.7. The Labute approximate surface area is 207 Å². The number of thioether (sulfide) groups is 1. The number of nitrogens with zero attached hydrogens (tertiary/aromatic N) is 5. The molecule has 0 fully saturated rings. The SMILES string of the molecule is Cc1ccc2[nH]c3c(c2c1)CN(C(=O)c1ccccc1SCc1nnnn1-c1ccccc1)CC3. The van der Waals surface area contributed by atoms with Crippen LogP contribution >= 0.6 is 11.8 Å². The van der Waals surface area contributed by atoms with Gasteiger partial charge in [-0.15, -0.1) is 16.9 Å². The molecule has 0 unspecified atom stereocenters. The molecule has 1 aliphatic heterocycles. The van der Waals surface area contributed by atoms with E-state index in [0.29, 0.717) is 18.8 Å². The Morgan fingerprint density at radius 2 is 1.89 bits per heavy atom. The van der Waals surface area contributed by atoms with E-state index in [1.165, 1.54) is 22.2 Å². The number of H-pyrrole nitrogens is 1. The van der Waals surface area contributed by atoms with Crippen molar-refractivity contribution in [2.24, 2.45) is 0 Å². The van der Waals surface area contributed by atoms with Crippen molar-refractivity contribution in [2.75, 3.05) is 6.54 Å². The number of aryl methyl sites for hydroxylation is 1. The molecule has 6 rings (SSSR count). The van der Waals surface area contributed by atoms with Crippen LogP contribution in [0.4, 0.5) is 0 Å². The molecule has 2 aromatic heterocycles. The van der Waals surface area contributed by atoms with Gasteiger partial charge in [0.05, 0.1) is 17.0 Å². The van der Waals surface area contributed by atoms with Crippen molar-refractivity contribution in [3.8, 4) is 5.69 Å². The van der Waals surface area contributed by atoms with Gasteiger partial charge in [-0.25, -0.2) is 0 Å². The van der Waals surface area contributed by atoms with Gasteiger partial charge in [-0.3, -0.25) is 4.79 Å². The minimum atomic E-state index is 0.0587. The summed E-state index contributed by atoms with van der Waals surface area (Å²) in [5, 5.41) is 13.4. The van der Waals surface area contributed by atoms with Crippen molar-refractivity contribution >= 4 is 28.6 Å². The minimum Gasteiger partial charge on any atom is -0.358 e. The first kappa shape index (κ1) is 21.6. The van der Waals surface area contributed by atoms with Gasteiger partial charge in [0.1, 0.15) is 0 Å². The second-order valence-electron chi connectivity index (χ2n) is 8.74. The molecule has 0 aliphatic carbocycles. The standard InChI is InChI=1S/C27H24N6OS/c1-18-11-12-23-21(15-18)22-16-32(14-13-24(22)28-23)27(34)20-9-5-6-10-25(20)35-17-26-29-30-31-33(26)19-7-3-2-4-8-19/h2-12,15,28H,13-14,16-17H2,1H3. The molecule has 174 valence electrons. The Balaban J connectivity index is 1.23. The van der Waals surface area contributed by atoms with Crippen LogP contribution in [0.3, 0.4) is 0 Å². The average Bonchev–Trinajstić information content (AvgIpc) is 3.52. The zero-order valence-corrected chi connectivity index (χ0v) is 20.1. The molecule has 8 heteroatoms. The number of carbonyl (C=O) groups is 1. The van der Waals surface area contributed by atoms with E-state index in [-0.39, 0.29) is 5.91 Å². The first-order chi connectivity index (χ1) is 17.2. The van der Waals surface area contributed by atoms with Gasteiger partial charge in [0, 0.05) is 46.6 Å². The van der Waals surface area contributed by atoms with Crippen molar-refractivity contribution in [1.29, 1.82) is 0 Å². The molecular weight excluding hydrogens is 456 g/mol. The summed E-state index contributed by atoms with van der Waals surface area (Å²) in [6, 6.07) is 24.1. The number of tetrazole rings is 1. The van der Waals surface area contributed by atoms with Crippen molar-refractivity contribution in [1.82, 2.24) is 30.1 Å². The van der Waals surface area contributed by atoms with Crippen molar-refractivity contribution in [3.63, 3.8) is 0 Å². The zero-order valence-electron chi connectivity index (χ0n) is 19.3. The van der Waals surface area contributed by atoms with Crippen LogP contribution in [-0.4, -0.2) is 42.5 Å². The summed E-state index contributed by atoms with van der Waals surface area (Å²) < 4.78 is 1.74. The Bertz CT molecular complexity index is 1520. The van der Waals surface area contributed by atoms with Crippen LogP contribution in [0.5, 0.6) is 0 Å². The molecule has 0 bridgehead atoms. The Morgan fingerprint density at radius 3 is 2.77 bits per heavy atom. The summed E-state index contributed by atoms with van der Waals surface area (Å²) in [7, 11) is 0. The summed E-state index contributed by atoms with van der Waals surface area (Å²) >= 11 is 1.58. The number of aromatic nitrogens is 5. The third kappa shape index (κ3) is 4.10. The van der Waals surface area contributed by atoms with Gasteiger partial charge < -0.3 is 9.88 Å². The molecule has 3 aromatic carbocycles. The van der Waals surface area contributed by atoms with Crippen LogP contribution in [0.2, 0.25) is 0 Å². The highest BCUT2D eigenvalue weighted by Gasteiger charge is 2.26. The quantitative estimate of drug-likeness (QED) is 0.360. The molecular formula is C27H24N6OS. The predicted molar refractivity (Wildman–Crippen MR) is 137 cm³/mol. The Morgan fingerprint density at radius 1 is 1.06 bits per heavy atom. The smallest absolute Gasteiger partial charge is 0.255 e. The van der Waals surface area contributed by atoms with Crippen LogP contribution < -0.4 is 0 Å². The monoisotopic (exact) mass is 480 g/mol. The van der Waals surface area contributed by atoms with Gasteiger partial charge >= 0.3 is 0 Å². The van der Waals surface area contributed by atoms with Gasteiger partial charge in [0.25, 0.3) is 5.91 Å². The molecule has 1 amide bonds. The normalized spacial score (nSPS) is 13.2. The van der Waals surface area contributed by atoms with E-state index in [0.717, 1.165) is 33.9 Å².